The fourth-order valence-corrected chi connectivity index (χ4v) is 5.67. The highest BCUT2D eigenvalue weighted by atomic mass is 16.6. The third-order valence-corrected chi connectivity index (χ3v) is 6.97. The highest BCUT2D eigenvalue weighted by Gasteiger charge is 2.58. The molecule has 0 amide bonds. The van der Waals surface area contributed by atoms with Crippen LogP contribution in [0.5, 0.6) is 0 Å². The number of carbonyl (C=O) groups excluding carboxylic acids is 2. The van der Waals surface area contributed by atoms with Crippen LogP contribution in [-0.4, -0.2) is 28.6 Å². The second kappa shape index (κ2) is 4.79. The smallest absolute Gasteiger partial charge is 0.335 e. The number of aliphatic hydroxyl groups is 1. The molecule has 3 fully saturated rings. The van der Waals surface area contributed by atoms with E-state index in [0.717, 1.165) is 25.7 Å². The van der Waals surface area contributed by atoms with E-state index in [-0.39, 0.29) is 17.1 Å². The van der Waals surface area contributed by atoms with Crippen molar-refractivity contribution in [1.82, 2.24) is 0 Å². The van der Waals surface area contributed by atoms with Crippen molar-refractivity contribution in [3.63, 3.8) is 0 Å². The molecule has 0 aromatic carbocycles. The maximum absolute atomic E-state index is 11.8. The first kappa shape index (κ1) is 15.1. The Morgan fingerprint density at radius 2 is 2.00 bits per heavy atom. The molecule has 3 aliphatic carbocycles. The molecule has 4 rings (SSSR count). The molecule has 124 valence electrons. The second-order valence-electron chi connectivity index (χ2n) is 8.13. The van der Waals surface area contributed by atoms with Gasteiger partial charge in [0.1, 0.15) is 5.60 Å². The highest BCUT2D eigenvalue weighted by Crippen LogP contribution is 2.60. The van der Waals surface area contributed by atoms with E-state index < -0.39 is 17.7 Å². The van der Waals surface area contributed by atoms with Crippen LogP contribution < -0.4 is 0 Å². The zero-order valence-corrected chi connectivity index (χ0v) is 13.7. The van der Waals surface area contributed by atoms with Crippen LogP contribution in [0.1, 0.15) is 46.0 Å². The molecule has 1 N–H and O–H groups in total. The van der Waals surface area contributed by atoms with E-state index in [1.807, 2.05) is 13.0 Å². The molecule has 2 saturated carbocycles. The van der Waals surface area contributed by atoms with E-state index in [0.29, 0.717) is 18.3 Å². The predicted molar refractivity (Wildman–Crippen MR) is 84.4 cm³/mol. The number of carbonyl (C=O) groups is 2. The summed E-state index contributed by atoms with van der Waals surface area (Å²) in [6.07, 6.45) is 8.90. The summed E-state index contributed by atoms with van der Waals surface area (Å²) in [7, 11) is 0. The summed E-state index contributed by atoms with van der Waals surface area (Å²) < 4.78 is 5.65. The fourth-order valence-electron chi connectivity index (χ4n) is 5.67. The van der Waals surface area contributed by atoms with Gasteiger partial charge in [-0.2, -0.15) is 0 Å². The molecule has 4 aliphatic rings. The minimum atomic E-state index is -0.986. The largest absolute Gasteiger partial charge is 0.457 e. The number of ether oxygens (including phenoxy) is 1. The molecule has 0 aromatic heterocycles. The summed E-state index contributed by atoms with van der Waals surface area (Å²) in [5, 5.41) is 10.0. The van der Waals surface area contributed by atoms with Crippen molar-refractivity contribution >= 4 is 11.8 Å². The molecule has 6 atom stereocenters. The first-order valence-electron chi connectivity index (χ1n) is 8.69. The van der Waals surface area contributed by atoms with Crippen LogP contribution in [0.2, 0.25) is 0 Å². The Labute approximate surface area is 136 Å². The van der Waals surface area contributed by atoms with Gasteiger partial charge in [0.15, 0.2) is 11.9 Å². The van der Waals surface area contributed by atoms with E-state index >= 15 is 0 Å². The lowest BCUT2D eigenvalue weighted by molar-refractivity contribution is -0.209. The van der Waals surface area contributed by atoms with Crippen LogP contribution in [0.4, 0.5) is 0 Å². The molecule has 6 unspecified atom stereocenters. The number of ketones is 1. The van der Waals surface area contributed by atoms with Crippen molar-refractivity contribution in [3.05, 3.63) is 23.8 Å². The Morgan fingerprint density at radius 3 is 2.78 bits per heavy atom. The maximum Gasteiger partial charge on any atom is 0.335 e. The molecule has 0 radical (unpaired) electrons. The Morgan fingerprint density at radius 1 is 1.22 bits per heavy atom. The van der Waals surface area contributed by atoms with Gasteiger partial charge in [0.2, 0.25) is 0 Å². The lowest BCUT2D eigenvalue weighted by Crippen LogP contribution is -2.58. The number of aliphatic hydroxyl groups excluding tert-OH is 1. The Kier molecular flexibility index (Phi) is 3.15. The van der Waals surface area contributed by atoms with Gasteiger partial charge in [-0.1, -0.05) is 18.6 Å². The summed E-state index contributed by atoms with van der Waals surface area (Å²) >= 11 is 0. The molecular formula is C19H24O4. The summed E-state index contributed by atoms with van der Waals surface area (Å²) in [4.78, 5) is 23.5. The van der Waals surface area contributed by atoms with E-state index in [2.05, 4.69) is 13.0 Å². The SMILES string of the molecule is CC12CCC3C(CCC4=CC(=O)C=CC43C)C1CC(O)C(=O)O2. The van der Waals surface area contributed by atoms with Gasteiger partial charge in [0, 0.05) is 11.3 Å². The third-order valence-electron chi connectivity index (χ3n) is 6.97. The van der Waals surface area contributed by atoms with Crippen LogP contribution in [0.15, 0.2) is 23.8 Å². The predicted octanol–water partition coefficient (Wildman–Crippen LogP) is 2.56. The molecular weight excluding hydrogens is 292 g/mol. The number of fused-ring (bicyclic) bond motifs is 5. The molecule has 0 bridgehead atoms. The molecule has 23 heavy (non-hydrogen) atoms. The average molecular weight is 316 g/mol. The quantitative estimate of drug-likeness (QED) is 0.698. The summed E-state index contributed by atoms with van der Waals surface area (Å²) in [6.45, 7) is 4.28. The molecule has 1 saturated heterocycles. The number of rotatable bonds is 0. The van der Waals surface area contributed by atoms with Crippen LogP contribution in [-0.2, 0) is 14.3 Å². The van der Waals surface area contributed by atoms with Crippen LogP contribution in [0.3, 0.4) is 0 Å². The lowest BCUT2D eigenvalue weighted by Gasteiger charge is -2.58. The third kappa shape index (κ3) is 2.07. The zero-order valence-electron chi connectivity index (χ0n) is 13.7. The van der Waals surface area contributed by atoms with E-state index in [4.69, 9.17) is 4.74 Å². The van der Waals surface area contributed by atoms with Crippen molar-refractivity contribution in [1.29, 1.82) is 0 Å². The number of esters is 1. The Bertz CT molecular complexity index is 633. The van der Waals surface area contributed by atoms with Crippen LogP contribution in [0, 0.1) is 23.2 Å². The standard InChI is InChI=1S/C19H24O4/c1-18-7-5-12(20)9-11(18)3-4-13-14(18)6-8-19(2)15(13)10-16(21)17(22)23-19/h5,7,9,13-16,21H,3-4,6,8,10H2,1-2H3. The molecule has 4 heteroatoms. The Balaban J connectivity index is 1.69. The van der Waals surface area contributed by atoms with Crippen LogP contribution in [0.25, 0.3) is 0 Å². The average Bonchev–Trinajstić information content (AvgIpc) is 2.49. The first-order chi connectivity index (χ1) is 10.8. The molecule has 0 spiro atoms. The monoisotopic (exact) mass is 316 g/mol. The van der Waals surface area contributed by atoms with Gasteiger partial charge in [-0.15, -0.1) is 0 Å². The maximum atomic E-state index is 11.8. The van der Waals surface area contributed by atoms with Gasteiger partial charge in [-0.3, -0.25) is 4.79 Å². The topological polar surface area (TPSA) is 63.6 Å². The number of hydrogen-bond donors (Lipinski definition) is 1. The van der Waals surface area contributed by atoms with E-state index in [1.165, 1.54) is 5.57 Å². The van der Waals surface area contributed by atoms with Crippen molar-refractivity contribution in [2.24, 2.45) is 23.2 Å². The Hall–Kier alpha value is -1.42. The molecule has 1 aliphatic heterocycles. The van der Waals surface area contributed by atoms with Gasteiger partial charge >= 0.3 is 5.97 Å². The minimum Gasteiger partial charge on any atom is -0.457 e. The van der Waals surface area contributed by atoms with E-state index in [1.54, 1.807) is 6.08 Å². The lowest BCUT2D eigenvalue weighted by atomic mass is 9.49. The normalized spacial score (nSPS) is 48.7. The molecule has 1 heterocycles. The van der Waals surface area contributed by atoms with Gasteiger partial charge in [-0.05, 0) is 63.0 Å². The van der Waals surface area contributed by atoms with E-state index in [9.17, 15) is 14.7 Å². The van der Waals surface area contributed by atoms with Gasteiger partial charge < -0.3 is 9.84 Å². The molecule has 4 nitrogen and oxygen atoms in total. The van der Waals surface area contributed by atoms with Gasteiger partial charge in [-0.25, -0.2) is 4.79 Å². The number of allylic oxidation sites excluding steroid dienone is 4. The van der Waals surface area contributed by atoms with Crippen molar-refractivity contribution in [3.8, 4) is 0 Å². The summed E-state index contributed by atoms with van der Waals surface area (Å²) in [5.74, 6) is 0.718. The van der Waals surface area contributed by atoms with Gasteiger partial charge in [0.05, 0.1) is 0 Å². The van der Waals surface area contributed by atoms with Gasteiger partial charge in [0.25, 0.3) is 0 Å². The minimum absolute atomic E-state index is 0.0649. The highest BCUT2D eigenvalue weighted by molar-refractivity contribution is 6.01. The van der Waals surface area contributed by atoms with Crippen molar-refractivity contribution in [2.75, 3.05) is 0 Å². The van der Waals surface area contributed by atoms with Crippen molar-refractivity contribution in [2.45, 2.75) is 57.7 Å². The fraction of sp³-hybridized carbons (Fsp3) is 0.684. The molecule has 0 aromatic rings. The zero-order chi connectivity index (χ0) is 16.4. The van der Waals surface area contributed by atoms with Crippen molar-refractivity contribution < 1.29 is 19.4 Å². The summed E-state index contributed by atoms with van der Waals surface area (Å²) in [6, 6.07) is 0. The first-order valence-corrected chi connectivity index (χ1v) is 8.69. The number of hydrogen-bond acceptors (Lipinski definition) is 4. The van der Waals surface area contributed by atoms with Crippen LogP contribution >= 0.6 is 0 Å². The second-order valence-corrected chi connectivity index (χ2v) is 8.13. The summed E-state index contributed by atoms with van der Waals surface area (Å²) in [5.41, 5.74) is 0.747.